The molecule has 3 saturated heterocycles. The molecule has 28 heteroatoms. The molecule has 12 N–H and O–H groups in total. The number of aliphatic hydroxyl groups excluding tert-OH is 7. The zero-order valence-electron chi connectivity index (χ0n) is 43.6. The van der Waals surface area contributed by atoms with Crippen LogP contribution in [0.15, 0.2) is 95.4 Å². The van der Waals surface area contributed by atoms with E-state index in [1.54, 1.807) is 0 Å². The van der Waals surface area contributed by atoms with Crippen molar-refractivity contribution in [2.45, 2.75) is 92.4 Å². The maximum atomic E-state index is 13.5. The largest absolute Gasteiger partial charge is 0.508 e. The maximum Gasteiger partial charge on any atom is 0.402 e. The number of carboxylic acids is 1. The molecule has 0 aliphatic carbocycles. The Bertz CT molecular complexity index is 3140. The number of ether oxygens (including phenoxy) is 11. The number of carbonyl (C=O) groups excluding carboxylic acids is 3. The Morgan fingerprint density at radius 2 is 1.18 bits per heavy atom. The number of phenolic OH excluding ortho intramolecular Hbond substituents is 4. The van der Waals surface area contributed by atoms with Crippen molar-refractivity contribution in [2.24, 2.45) is 0 Å². The number of hydrogen-bond acceptors (Lipinski definition) is 26. The molecule has 0 radical (unpaired) electrons. The Morgan fingerprint density at radius 3 is 1.83 bits per heavy atom. The Hall–Kier alpha value is -8.39. The molecule has 0 amide bonds. The van der Waals surface area contributed by atoms with Crippen molar-refractivity contribution in [1.29, 1.82) is 0 Å². The number of phenols is 4. The molecule has 4 heterocycles. The van der Waals surface area contributed by atoms with Crippen LogP contribution in [0.2, 0.25) is 0 Å². The summed E-state index contributed by atoms with van der Waals surface area (Å²) in [6.07, 6.45) is -23.2. The van der Waals surface area contributed by atoms with Crippen LogP contribution in [0.1, 0.15) is 17.5 Å². The van der Waals surface area contributed by atoms with Gasteiger partial charge >= 0.3 is 35.2 Å². The van der Waals surface area contributed by atoms with Crippen LogP contribution in [-0.2, 0) is 52.3 Å². The fourth-order valence-electron chi connectivity index (χ4n) is 8.68. The molecule has 14 atom stereocenters. The van der Waals surface area contributed by atoms with Crippen LogP contribution in [0, 0.1) is 0 Å². The highest BCUT2D eigenvalue weighted by Crippen LogP contribution is 2.43. The lowest BCUT2D eigenvalue weighted by molar-refractivity contribution is -0.345. The van der Waals surface area contributed by atoms with E-state index in [9.17, 15) is 75.3 Å². The van der Waals surface area contributed by atoms with Gasteiger partial charge in [-0.1, -0.05) is 12.1 Å². The second-order valence-electron chi connectivity index (χ2n) is 18.8. The molecule has 4 aromatic carbocycles. The Labute approximate surface area is 468 Å². The normalized spacial score (nSPS) is 27.2. The molecule has 8 rings (SSSR count). The first kappa shape index (κ1) is 60.7. The molecular formula is C55H57O28+. The van der Waals surface area contributed by atoms with Gasteiger partial charge in [0.1, 0.15) is 103 Å². The van der Waals surface area contributed by atoms with Crippen LogP contribution in [0.5, 0.6) is 46.0 Å². The summed E-state index contributed by atoms with van der Waals surface area (Å²) in [6.45, 7) is -2.23. The van der Waals surface area contributed by atoms with E-state index in [1.165, 1.54) is 93.1 Å². The van der Waals surface area contributed by atoms with Gasteiger partial charge in [0.05, 0.1) is 32.5 Å². The standard InChI is InChI=1S/C55H56O28/c1-72-34-15-25(16-35(73-2)44(34)66)6-14-41(63)82-51-43(65)31(59)21-76-54(51)83-52-48(70)46(68)38(22-74-40(62)13-5-24-3-9-27(56)10-4-24)81-55(52)79-36-19-30-32(77-50(36)26-7-11-28(57)12-8-26)17-29(58)18-33(30)78-53-49(71)47(69)45(67)37(80-53)23-75-42(64)20-39(60)61/h3-19,31,37-38,43,45-49,51-55,59,65,67-71H,20-23H2,1-2H3,(H4-,56,57,58,60,61,62,63,66)/p+1. The molecular weight excluding hydrogens is 1110 g/mol. The molecule has 0 bridgehead atoms. The molecule has 83 heavy (non-hydrogen) atoms. The number of benzene rings is 4. The SMILES string of the molecule is COc1cc(C=CC(=O)OC2C(OC3C(Oc4cc5c(OC6OC(COC(=O)CC(=O)O)C(O)C(O)C6O)cc(O)cc5[o+]c4-c4ccc(O)cc4)OC(COC(=O)C=Cc4ccc(O)cc4)C(O)C3O)OCC(O)C2O)cc(OC)c1O. The van der Waals surface area contributed by atoms with Crippen molar-refractivity contribution in [3.8, 4) is 57.3 Å². The molecule has 3 fully saturated rings. The van der Waals surface area contributed by atoms with Crippen molar-refractivity contribution < 1.29 is 137 Å². The minimum absolute atomic E-state index is 0.00863. The summed E-state index contributed by atoms with van der Waals surface area (Å²) in [5.74, 6) is -6.90. The van der Waals surface area contributed by atoms with E-state index in [-0.39, 0.29) is 68.1 Å². The lowest BCUT2D eigenvalue weighted by Crippen LogP contribution is -2.64. The van der Waals surface area contributed by atoms with Gasteiger partial charge in [0.2, 0.25) is 24.1 Å². The van der Waals surface area contributed by atoms with Crippen molar-refractivity contribution in [3.63, 3.8) is 0 Å². The third-order valence-corrected chi connectivity index (χ3v) is 13.0. The summed E-state index contributed by atoms with van der Waals surface area (Å²) in [6, 6.07) is 17.1. The van der Waals surface area contributed by atoms with E-state index in [4.69, 9.17) is 61.6 Å². The van der Waals surface area contributed by atoms with Crippen LogP contribution in [0.3, 0.4) is 0 Å². The average molecular weight is 1170 g/mol. The topological polar surface area (TPSA) is 424 Å². The summed E-state index contributed by atoms with van der Waals surface area (Å²) in [4.78, 5) is 49.6. The fourth-order valence-corrected chi connectivity index (χ4v) is 8.68. The molecule has 444 valence electrons. The fraction of sp³-hybridized carbons (Fsp3) is 0.364. The predicted octanol–water partition coefficient (Wildman–Crippen LogP) is 0.595. The van der Waals surface area contributed by atoms with E-state index in [0.717, 1.165) is 24.3 Å². The van der Waals surface area contributed by atoms with Gasteiger partial charge < -0.3 is 113 Å². The Balaban J connectivity index is 1.14. The second kappa shape index (κ2) is 26.7. The average Bonchev–Trinajstić information content (AvgIpc) is 3.60. The number of methoxy groups -OCH3 is 2. The molecule has 5 aromatic rings. The Kier molecular flexibility index (Phi) is 19.5. The number of aromatic hydroxyl groups is 4. The molecule has 3 aliphatic heterocycles. The third-order valence-electron chi connectivity index (χ3n) is 13.0. The van der Waals surface area contributed by atoms with Gasteiger partial charge in [-0.2, -0.15) is 0 Å². The van der Waals surface area contributed by atoms with Gasteiger partial charge in [0.15, 0.2) is 30.0 Å². The van der Waals surface area contributed by atoms with Crippen molar-refractivity contribution >= 4 is 47.0 Å². The number of carbonyl (C=O) groups is 4. The van der Waals surface area contributed by atoms with E-state index >= 15 is 0 Å². The quantitative estimate of drug-likeness (QED) is 0.0167. The summed E-state index contributed by atoms with van der Waals surface area (Å²) >= 11 is 0. The van der Waals surface area contributed by atoms with Crippen LogP contribution in [0.4, 0.5) is 0 Å². The number of aliphatic hydroxyl groups is 7. The van der Waals surface area contributed by atoms with Gasteiger partial charge in [-0.3, -0.25) is 9.59 Å². The van der Waals surface area contributed by atoms with Gasteiger partial charge in [0, 0.05) is 24.3 Å². The summed E-state index contributed by atoms with van der Waals surface area (Å²) in [5, 5.41) is 128. The molecule has 0 spiro atoms. The number of hydrogen-bond donors (Lipinski definition) is 12. The van der Waals surface area contributed by atoms with E-state index in [1.807, 2.05) is 0 Å². The number of rotatable bonds is 20. The summed E-state index contributed by atoms with van der Waals surface area (Å²) in [5.41, 5.74) is 0.736. The van der Waals surface area contributed by atoms with Crippen LogP contribution < -0.4 is 18.9 Å². The lowest BCUT2D eigenvalue weighted by Gasteiger charge is -2.45. The zero-order valence-corrected chi connectivity index (χ0v) is 43.6. The van der Waals surface area contributed by atoms with Crippen LogP contribution in [0.25, 0.3) is 34.4 Å². The zero-order chi connectivity index (χ0) is 59.8. The van der Waals surface area contributed by atoms with Crippen molar-refractivity contribution in [1.82, 2.24) is 0 Å². The first-order valence-corrected chi connectivity index (χ1v) is 25.1. The third kappa shape index (κ3) is 14.6. The first-order valence-electron chi connectivity index (χ1n) is 25.1. The van der Waals surface area contributed by atoms with Gasteiger partial charge in [0.25, 0.3) is 0 Å². The Morgan fingerprint density at radius 1 is 0.590 bits per heavy atom. The van der Waals surface area contributed by atoms with E-state index < -0.39 is 142 Å². The summed E-state index contributed by atoms with van der Waals surface area (Å²) < 4.78 is 68.8. The minimum Gasteiger partial charge on any atom is -0.508 e. The molecule has 3 aliphatic rings. The summed E-state index contributed by atoms with van der Waals surface area (Å²) in [7, 11) is 2.57. The van der Waals surface area contributed by atoms with Crippen molar-refractivity contribution in [3.05, 3.63) is 102 Å². The van der Waals surface area contributed by atoms with E-state index in [0.29, 0.717) is 5.56 Å². The van der Waals surface area contributed by atoms with Crippen molar-refractivity contribution in [2.75, 3.05) is 34.0 Å². The number of esters is 3. The maximum absolute atomic E-state index is 13.5. The number of aliphatic carboxylic acids is 1. The van der Waals surface area contributed by atoms with E-state index in [2.05, 4.69) is 0 Å². The van der Waals surface area contributed by atoms with Crippen LogP contribution >= 0.6 is 0 Å². The monoisotopic (exact) mass is 1170 g/mol. The molecule has 0 saturated carbocycles. The predicted molar refractivity (Wildman–Crippen MR) is 276 cm³/mol. The highest BCUT2D eigenvalue weighted by molar-refractivity contribution is 5.91. The van der Waals surface area contributed by atoms with Crippen LogP contribution in [-0.4, -0.2) is 205 Å². The number of fused-ring (bicyclic) bond motifs is 1. The molecule has 1 aromatic heterocycles. The highest BCUT2D eigenvalue weighted by atomic mass is 16.8. The second-order valence-corrected chi connectivity index (χ2v) is 18.8. The number of carboxylic acid groups (broad SMARTS) is 1. The smallest absolute Gasteiger partial charge is 0.402 e. The van der Waals surface area contributed by atoms with Gasteiger partial charge in [-0.25, -0.2) is 14.0 Å². The lowest BCUT2D eigenvalue weighted by atomic mass is 9.98. The first-order chi connectivity index (χ1) is 39.6. The molecule has 28 nitrogen and oxygen atoms in total. The minimum atomic E-state index is -2.12. The van der Waals surface area contributed by atoms with Gasteiger partial charge in [-0.15, -0.1) is 0 Å². The van der Waals surface area contributed by atoms with Gasteiger partial charge in [-0.05, 0) is 71.8 Å². The molecule has 14 unspecified atom stereocenters. The highest BCUT2D eigenvalue weighted by Gasteiger charge is 2.52.